The second-order valence-corrected chi connectivity index (χ2v) is 8.12. The first kappa shape index (κ1) is 15.1. The summed E-state index contributed by atoms with van der Waals surface area (Å²) >= 11 is 0. The molecule has 0 unspecified atom stereocenters. The molecule has 124 valence electrons. The molecular formula is C20H26O3. The summed E-state index contributed by atoms with van der Waals surface area (Å²) in [4.78, 5) is 0. The molecule has 1 spiro atoms. The Morgan fingerprint density at radius 2 is 1.83 bits per heavy atom. The van der Waals surface area contributed by atoms with Gasteiger partial charge in [-0.2, -0.15) is 0 Å². The molecule has 1 aliphatic heterocycles. The first-order valence-corrected chi connectivity index (χ1v) is 8.52. The molecule has 4 rings (SSSR count). The zero-order valence-corrected chi connectivity index (χ0v) is 14.5. The van der Waals surface area contributed by atoms with Gasteiger partial charge in [0.25, 0.3) is 0 Å². The molecular weight excluding hydrogens is 288 g/mol. The lowest BCUT2D eigenvalue weighted by atomic mass is 9.65. The van der Waals surface area contributed by atoms with E-state index < -0.39 is 0 Å². The van der Waals surface area contributed by atoms with Gasteiger partial charge in [0.1, 0.15) is 29.0 Å². The molecule has 23 heavy (non-hydrogen) atoms. The molecule has 2 saturated carbocycles. The second-order valence-electron chi connectivity index (χ2n) is 8.12. The molecule has 4 atom stereocenters. The molecule has 1 aromatic carbocycles. The average molecular weight is 314 g/mol. The predicted molar refractivity (Wildman–Crippen MR) is 89.6 cm³/mol. The number of epoxide rings is 1. The van der Waals surface area contributed by atoms with Crippen molar-refractivity contribution in [3.05, 3.63) is 36.6 Å². The molecule has 0 amide bonds. The van der Waals surface area contributed by atoms with Crippen molar-refractivity contribution in [1.82, 2.24) is 0 Å². The average Bonchev–Trinajstić information content (AvgIpc) is 3.17. The van der Waals surface area contributed by atoms with Gasteiger partial charge < -0.3 is 14.2 Å². The smallest absolute Gasteiger partial charge is 0.145 e. The molecule has 2 bridgehead atoms. The van der Waals surface area contributed by atoms with E-state index in [2.05, 4.69) is 27.4 Å². The highest BCUT2D eigenvalue weighted by atomic mass is 16.6. The lowest BCUT2D eigenvalue weighted by Crippen LogP contribution is -2.40. The van der Waals surface area contributed by atoms with E-state index in [9.17, 15) is 0 Å². The van der Waals surface area contributed by atoms with Crippen LogP contribution in [0.25, 0.3) is 0 Å². The standard InChI is InChI=1S/C20H26O3/c1-13(22-16-8-6-15(21-5)7-9-16)17-20(23-17)12-14-10-11-19(20,4)18(14,2)3/h6-9,14,17H,1,10-12H2,2-5H3/t14-,17-,19-,20+/m1/s1. The normalized spacial score (nSPS) is 39.5. The topological polar surface area (TPSA) is 31.0 Å². The van der Waals surface area contributed by atoms with Gasteiger partial charge in [-0.15, -0.1) is 0 Å². The fourth-order valence-electron chi connectivity index (χ4n) is 5.23. The third kappa shape index (κ3) is 1.80. The van der Waals surface area contributed by atoms with Crippen LogP contribution in [-0.4, -0.2) is 18.8 Å². The molecule has 3 heteroatoms. The van der Waals surface area contributed by atoms with Crippen LogP contribution in [0.4, 0.5) is 0 Å². The molecule has 1 aromatic rings. The van der Waals surface area contributed by atoms with Crippen molar-refractivity contribution < 1.29 is 14.2 Å². The molecule has 3 fully saturated rings. The maximum absolute atomic E-state index is 6.27. The summed E-state index contributed by atoms with van der Waals surface area (Å²) < 4.78 is 17.4. The summed E-state index contributed by atoms with van der Waals surface area (Å²) in [6, 6.07) is 7.61. The van der Waals surface area contributed by atoms with Crippen molar-refractivity contribution in [2.24, 2.45) is 16.7 Å². The SMILES string of the molecule is C=C(Oc1ccc(OC)cc1)[C@H]1O[C@@]12C[C@H]1CC[C@]2(C)C1(C)C. The highest BCUT2D eigenvalue weighted by molar-refractivity contribution is 5.36. The summed E-state index contributed by atoms with van der Waals surface area (Å²) in [5.74, 6) is 3.10. The minimum Gasteiger partial charge on any atom is -0.497 e. The highest BCUT2D eigenvalue weighted by Crippen LogP contribution is 2.77. The predicted octanol–water partition coefficient (Wildman–Crippen LogP) is 4.57. The van der Waals surface area contributed by atoms with E-state index in [1.165, 1.54) is 12.8 Å². The van der Waals surface area contributed by atoms with Crippen molar-refractivity contribution in [2.75, 3.05) is 7.11 Å². The van der Waals surface area contributed by atoms with Crippen molar-refractivity contribution in [3.8, 4) is 11.5 Å². The molecule has 1 heterocycles. The zero-order valence-electron chi connectivity index (χ0n) is 14.5. The largest absolute Gasteiger partial charge is 0.497 e. The third-order valence-corrected chi connectivity index (χ3v) is 7.21. The monoisotopic (exact) mass is 314 g/mol. The zero-order chi connectivity index (χ0) is 16.5. The number of hydrogen-bond donors (Lipinski definition) is 0. The van der Waals surface area contributed by atoms with Crippen molar-refractivity contribution in [1.29, 1.82) is 0 Å². The molecule has 0 radical (unpaired) electrons. The number of hydrogen-bond acceptors (Lipinski definition) is 3. The van der Waals surface area contributed by atoms with Crippen LogP contribution in [0.15, 0.2) is 36.6 Å². The summed E-state index contributed by atoms with van der Waals surface area (Å²) in [7, 11) is 1.66. The third-order valence-electron chi connectivity index (χ3n) is 7.21. The lowest BCUT2D eigenvalue weighted by molar-refractivity contribution is 0.0701. The van der Waals surface area contributed by atoms with E-state index in [0.29, 0.717) is 5.41 Å². The summed E-state index contributed by atoms with van der Waals surface area (Å²) in [6.45, 7) is 11.4. The van der Waals surface area contributed by atoms with Crippen LogP contribution in [0.1, 0.15) is 40.0 Å². The molecule has 3 aliphatic rings. The van der Waals surface area contributed by atoms with Gasteiger partial charge in [-0.05, 0) is 54.9 Å². The van der Waals surface area contributed by atoms with Crippen LogP contribution < -0.4 is 9.47 Å². The van der Waals surface area contributed by atoms with Gasteiger partial charge in [-0.25, -0.2) is 0 Å². The molecule has 1 saturated heterocycles. The van der Waals surface area contributed by atoms with Crippen LogP contribution in [0.5, 0.6) is 11.5 Å². The quantitative estimate of drug-likeness (QED) is 0.602. The van der Waals surface area contributed by atoms with Crippen LogP contribution in [-0.2, 0) is 4.74 Å². The van der Waals surface area contributed by atoms with Crippen LogP contribution in [0.3, 0.4) is 0 Å². The van der Waals surface area contributed by atoms with Crippen molar-refractivity contribution in [2.45, 2.75) is 51.7 Å². The fourth-order valence-corrected chi connectivity index (χ4v) is 5.23. The van der Waals surface area contributed by atoms with Gasteiger partial charge in [-0.1, -0.05) is 27.4 Å². The minimum atomic E-state index is -0.0526. The Morgan fingerprint density at radius 1 is 1.17 bits per heavy atom. The molecule has 2 aliphatic carbocycles. The summed E-state index contributed by atoms with van der Waals surface area (Å²) in [5.41, 5.74) is 0.507. The second kappa shape index (κ2) is 4.54. The Kier molecular flexibility index (Phi) is 2.97. The molecule has 3 nitrogen and oxygen atoms in total. The van der Waals surface area contributed by atoms with E-state index in [1.54, 1.807) is 7.11 Å². The Balaban J connectivity index is 1.50. The Hall–Kier alpha value is -1.48. The summed E-state index contributed by atoms with van der Waals surface area (Å²) in [6.07, 6.45) is 3.75. The van der Waals surface area contributed by atoms with Gasteiger partial charge in [0.05, 0.1) is 7.11 Å². The number of benzene rings is 1. The Morgan fingerprint density at radius 3 is 2.35 bits per heavy atom. The summed E-state index contributed by atoms with van der Waals surface area (Å²) in [5, 5.41) is 0. The van der Waals surface area contributed by atoms with Crippen LogP contribution in [0.2, 0.25) is 0 Å². The number of ether oxygens (including phenoxy) is 3. The Bertz CT molecular complexity index is 647. The number of fused-ring (bicyclic) bond motifs is 3. The maximum atomic E-state index is 6.27. The van der Waals surface area contributed by atoms with E-state index in [-0.39, 0.29) is 17.1 Å². The first-order valence-electron chi connectivity index (χ1n) is 8.52. The van der Waals surface area contributed by atoms with Crippen LogP contribution in [0, 0.1) is 16.7 Å². The van der Waals surface area contributed by atoms with E-state index >= 15 is 0 Å². The fraction of sp³-hybridized carbons (Fsp3) is 0.600. The molecule has 0 aromatic heterocycles. The van der Waals surface area contributed by atoms with E-state index in [0.717, 1.165) is 29.6 Å². The lowest BCUT2D eigenvalue weighted by Gasteiger charge is -2.38. The van der Waals surface area contributed by atoms with Crippen molar-refractivity contribution in [3.63, 3.8) is 0 Å². The highest BCUT2D eigenvalue weighted by Gasteiger charge is 2.80. The van der Waals surface area contributed by atoms with Crippen molar-refractivity contribution >= 4 is 0 Å². The van der Waals surface area contributed by atoms with Gasteiger partial charge in [0, 0.05) is 5.41 Å². The van der Waals surface area contributed by atoms with E-state index in [4.69, 9.17) is 14.2 Å². The van der Waals surface area contributed by atoms with Crippen LogP contribution >= 0.6 is 0 Å². The maximum Gasteiger partial charge on any atom is 0.145 e. The van der Waals surface area contributed by atoms with Gasteiger partial charge in [0.2, 0.25) is 0 Å². The number of methoxy groups -OCH3 is 1. The van der Waals surface area contributed by atoms with Gasteiger partial charge >= 0.3 is 0 Å². The molecule has 0 N–H and O–H groups in total. The Labute approximate surface area is 138 Å². The first-order chi connectivity index (χ1) is 10.8. The van der Waals surface area contributed by atoms with Gasteiger partial charge in [-0.3, -0.25) is 0 Å². The number of rotatable bonds is 4. The van der Waals surface area contributed by atoms with E-state index in [1.807, 2.05) is 24.3 Å². The van der Waals surface area contributed by atoms with Gasteiger partial charge in [0.15, 0.2) is 0 Å². The minimum absolute atomic E-state index is 0.0270.